The molecule has 0 spiro atoms. The molecule has 2 N–H and O–H groups in total. The number of hydrogen-bond donors (Lipinski definition) is 1. The van der Waals surface area contributed by atoms with Crippen LogP contribution in [0.3, 0.4) is 0 Å². The smallest absolute Gasteiger partial charge is 0.0326 e. The van der Waals surface area contributed by atoms with Crippen LogP contribution in [0.25, 0.3) is 32.3 Å². The van der Waals surface area contributed by atoms with Crippen molar-refractivity contribution in [3.8, 4) is 0 Å². The lowest BCUT2D eigenvalue weighted by molar-refractivity contribution is 0.608. The molecule has 1 nitrogen and oxygen atoms in total. The highest BCUT2D eigenvalue weighted by Crippen LogP contribution is 2.38. The third-order valence-electron chi connectivity index (χ3n) is 5.49. The number of nitrogen functional groups attached to an aromatic ring is 1. The van der Waals surface area contributed by atoms with Gasteiger partial charge in [-0.2, -0.15) is 0 Å². The summed E-state index contributed by atoms with van der Waals surface area (Å²) in [6.45, 7) is 2.27. The predicted molar refractivity (Wildman–Crippen MR) is 112 cm³/mol. The Morgan fingerprint density at radius 2 is 1.44 bits per heavy atom. The highest BCUT2D eigenvalue weighted by molar-refractivity contribution is 6.24. The normalized spacial score (nSPS) is 11.9. The maximum absolute atomic E-state index is 6.21. The third-order valence-corrected chi connectivity index (χ3v) is 5.49. The molecule has 0 unspecified atom stereocenters. The van der Waals surface area contributed by atoms with Crippen LogP contribution in [0.5, 0.6) is 0 Å². The summed E-state index contributed by atoms with van der Waals surface area (Å²) < 4.78 is 0. The van der Waals surface area contributed by atoms with Gasteiger partial charge in [-0.25, -0.2) is 0 Å². The van der Waals surface area contributed by atoms with Gasteiger partial charge in [-0.05, 0) is 62.9 Å². The summed E-state index contributed by atoms with van der Waals surface area (Å²) in [5, 5.41) is 8.09. The van der Waals surface area contributed by atoms with Crippen molar-refractivity contribution in [1.82, 2.24) is 0 Å². The van der Waals surface area contributed by atoms with E-state index in [1.165, 1.54) is 76.4 Å². The number of benzene rings is 4. The van der Waals surface area contributed by atoms with Crippen LogP contribution < -0.4 is 5.73 Å². The lowest BCUT2D eigenvalue weighted by Gasteiger charge is -2.15. The van der Waals surface area contributed by atoms with Crippen molar-refractivity contribution in [1.29, 1.82) is 0 Å². The molecular formula is C24H27N. The highest BCUT2D eigenvalue weighted by atomic mass is 14.5. The quantitative estimate of drug-likeness (QED) is 0.219. The second-order valence-electron chi connectivity index (χ2n) is 7.36. The van der Waals surface area contributed by atoms with Crippen molar-refractivity contribution in [2.24, 2.45) is 0 Å². The van der Waals surface area contributed by atoms with Crippen molar-refractivity contribution < 1.29 is 0 Å². The zero-order valence-corrected chi connectivity index (χ0v) is 15.1. The first-order chi connectivity index (χ1) is 12.3. The molecule has 0 aromatic heterocycles. The first kappa shape index (κ1) is 16.2. The summed E-state index contributed by atoms with van der Waals surface area (Å²) in [4.78, 5) is 0. The number of nitrogens with two attached hydrogens (primary N) is 1. The molecule has 0 bridgehead atoms. The van der Waals surface area contributed by atoms with Crippen LogP contribution in [0.1, 0.15) is 51.0 Å². The average molecular weight is 329 g/mol. The Morgan fingerprint density at radius 3 is 2.32 bits per heavy atom. The molecule has 0 fully saturated rings. The van der Waals surface area contributed by atoms with Crippen LogP contribution in [0.2, 0.25) is 0 Å². The van der Waals surface area contributed by atoms with Gasteiger partial charge >= 0.3 is 0 Å². The van der Waals surface area contributed by atoms with Crippen molar-refractivity contribution in [3.63, 3.8) is 0 Å². The SMILES string of the molecule is CCCCCCCCc1cc2cccc3ccc4cc(N)cc1c4c32. The van der Waals surface area contributed by atoms with Gasteiger partial charge in [0.2, 0.25) is 0 Å². The zero-order valence-electron chi connectivity index (χ0n) is 15.1. The Bertz CT molecular complexity index is 999. The summed E-state index contributed by atoms with van der Waals surface area (Å²) >= 11 is 0. The molecule has 4 aromatic carbocycles. The summed E-state index contributed by atoms with van der Waals surface area (Å²) in [6, 6.07) is 17.8. The fourth-order valence-corrected chi connectivity index (χ4v) is 4.24. The third kappa shape index (κ3) is 3.04. The largest absolute Gasteiger partial charge is 0.399 e. The topological polar surface area (TPSA) is 26.0 Å². The van der Waals surface area contributed by atoms with Crippen molar-refractivity contribution >= 4 is 38.0 Å². The summed E-state index contributed by atoms with van der Waals surface area (Å²) in [6.07, 6.45) is 9.16. The van der Waals surface area contributed by atoms with Gasteiger partial charge in [0.05, 0.1) is 0 Å². The zero-order chi connectivity index (χ0) is 17.2. The van der Waals surface area contributed by atoms with E-state index in [9.17, 15) is 0 Å². The Balaban J connectivity index is 1.74. The Labute approximate surface area is 150 Å². The fourth-order valence-electron chi connectivity index (χ4n) is 4.24. The lowest BCUT2D eigenvalue weighted by atomic mass is 9.89. The molecular weight excluding hydrogens is 302 g/mol. The number of aryl methyl sites for hydroxylation is 1. The van der Waals surface area contributed by atoms with E-state index in [2.05, 4.69) is 55.5 Å². The molecule has 25 heavy (non-hydrogen) atoms. The van der Waals surface area contributed by atoms with E-state index in [4.69, 9.17) is 5.73 Å². The van der Waals surface area contributed by atoms with E-state index in [-0.39, 0.29) is 0 Å². The first-order valence-corrected chi connectivity index (χ1v) is 9.74. The van der Waals surface area contributed by atoms with Crippen LogP contribution in [0, 0.1) is 0 Å². The molecule has 128 valence electrons. The maximum Gasteiger partial charge on any atom is 0.0326 e. The number of anilines is 1. The Hall–Kier alpha value is -2.28. The highest BCUT2D eigenvalue weighted by Gasteiger charge is 2.12. The van der Waals surface area contributed by atoms with Crippen LogP contribution in [0.4, 0.5) is 5.69 Å². The second-order valence-corrected chi connectivity index (χ2v) is 7.36. The average Bonchev–Trinajstić information content (AvgIpc) is 2.62. The second kappa shape index (κ2) is 6.92. The van der Waals surface area contributed by atoms with Crippen molar-refractivity contribution in [3.05, 3.63) is 54.1 Å². The fraction of sp³-hybridized carbons (Fsp3) is 0.333. The monoisotopic (exact) mass is 329 g/mol. The van der Waals surface area contributed by atoms with Crippen LogP contribution >= 0.6 is 0 Å². The van der Waals surface area contributed by atoms with Crippen LogP contribution in [-0.2, 0) is 6.42 Å². The molecule has 0 amide bonds. The lowest BCUT2D eigenvalue weighted by Crippen LogP contribution is -1.94. The minimum Gasteiger partial charge on any atom is -0.399 e. The molecule has 0 aliphatic heterocycles. The van der Waals surface area contributed by atoms with E-state index in [0.29, 0.717) is 0 Å². The Morgan fingerprint density at radius 1 is 0.720 bits per heavy atom. The van der Waals surface area contributed by atoms with Gasteiger partial charge in [-0.1, -0.05) is 75.4 Å². The van der Waals surface area contributed by atoms with E-state index in [0.717, 1.165) is 12.1 Å². The van der Waals surface area contributed by atoms with Crippen molar-refractivity contribution in [2.45, 2.75) is 51.9 Å². The number of hydrogen-bond acceptors (Lipinski definition) is 1. The number of unbranched alkanes of at least 4 members (excludes halogenated alkanes) is 5. The van der Waals surface area contributed by atoms with Gasteiger partial charge in [-0.3, -0.25) is 0 Å². The van der Waals surface area contributed by atoms with E-state index >= 15 is 0 Å². The molecule has 0 saturated carbocycles. The molecule has 0 aliphatic carbocycles. The summed E-state index contributed by atoms with van der Waals surface area (Å²) in [5.74, 6) is 0. The molecule has 0 atom stereocenters. The molecule has 0 radical (unpaired) electrons. The van der Waals surface area contributed by atoms with Gasteiger partial charge < -0.3 is 5.73 Å². The molecule has 0 saturated heterocycles. The maximum atomic E-state index is 6.21. The molecule has 1 heteroatoms. The van der Waals surface area contributed by atoms with Gasteiger partial charge in [0.15, 0.2) is 0 Å². The summed E-state index contributed by atoms with van der Waals surface area (Å²) in [7, 11) is 0. The molecule has 0 heterocycles. The van der Waals surface area contributed by atoms with Crippen molar-refractivity contribution in [2.75, 3.05) is 5.73 Å². The first-order valence-electron chi connectivity index (χ1n) is 9.74. The number of rotatable bonds is 7. The van der Waals surface area contributed by atoms with Crippen LogP contribution in [-0.4, -0.2) is 0 Å². The van der Waals surface area contributed by atoms with Crippen LogP contribution in [0.15, 0.2) is 48.5 Å². The standard InChI is InChI=1S/C24H27N/c1-2-3-4-5-6-7-9-18-14-19-11-8-10-17-12-13-20-15-21(25)16-22(18)24(20)23(17)19/h8,10-16H,2-7,9,25H2,1H3. The van der Waals surface area contributed by atoms with Gasteiger partial charge in [0.25, 0.3) is 0 Å². The van der Waals surface area contributed by atoms with Gasteiger partial charge in [0, 0.05) is 5.69 Å². The van der Waals surface area contributed by atoms with E-state index in [1.54, 1.807) is 0 Å². The predicted octanol–water partition coefficient (Wildman–Crippen LogP) is 7.07. The molecule has 4 rings (SSSR count). The van der Waals surface area contributed by atoms with E-state index < -0.39 is 0 Å². The Kier molecular flexibility index (Phi) is 4.48. The minimum atomic E-state index is 0.870. The minimum absolute atomic E-state index is 0.870. The van der Waals surface area contributed by atoms with Gasteiger partial charge in [-0.15, -0.1) is 0 Å². The van der Waals surface area contributed by atoms with Gasteiger partial charge in [0.1, 0.15) is 0 Å². The molecule has 4 aromatic rings. The summed E-state index contributed by atoms with van der Waals surface area (Å²) in [5.41, 5.74) is 8.54. The molecule has 0 aliphatic rings. The van der Waals surface area contributed by atoms with E-state index in [1.807, 2.05) is 0 Å².